The number of aliphatic hydroxyl groups is 2. The summed E-state index contributed by atoms with van der Waals surface area (Å²) in [6.07, 6.45) is -1.19. The van der Waals surface area contributed by atoms with Crippen LogP contribution in [-0.2, 0) is 19.6 Å². The van der Waals surface area contributed by atoms with E-state index in [-0.39, 0.29) is 30.2 Å². The summed E-state index contributed by atoms with van der Waals surface area (Å²) in [7, 11) is -3.81. The van der Waals surface area contributed by atoms with Crippen LogP contribution < -0.4 is 5.32 Å². The zero-order chi connectivity index (χ0) is 17.9. The van der Waals surface area contributed by atoms with Crippen LogP contribution in [0.25, 0.3) is 0 Å². The molecule has 2 heterocycles. The average molecular weight is 356 g/mol. The molecule has 24 heavy (non-hydrogen) atoms. The van der Waals surface area contributed by atoms with Gasteiger partial charge in [0.2, 0.25) is 11.8 Å². The van der Waals surface area contributed by atoms with Crippen molar-refractivity contribution in [1.82, 2.24) is 9.62 Å². The van der Waals surface area contributed by atoms with Gasteiger partial charge in [0.1, 0.15) is 0 Å². The van der Waals surface area contributed by atoms with E-state index in [1.807, 2.05) is 6.92 Å². The normalized spacial score (nSPS) is 23.7. The number of aryl methyl sites for hydroxylation is 1. The van der Waals surface area contributed by atoms with Crippen molar-refractivity contribution < 1.29 is 28.2 Å². The van der Waals surface area contributed by atoms with Gasteiger partial charge in [0.15, 0.2) is 0 Å². The van der Waals surface area contributed by atoms with E-state index < -0.39 is 28.1 Å². The van der Waals surface area contributed by atoms with Crippen molar-refractivity contribution in [3.63, 3.8) is 0 Å². The second-order valence-electron chi connectivity index (χ2n) is 5.76. The number of aliphatic hydroxyl groups excluding tert-OH is 2. The number of β-amino-alcohol motifs (C(OH)–C–C–N with tert-alkyl or cyclic N) is 2. The maximum absolute atomic E-state index is 12.1. The number of nitrogens with one attached hydrogen (secondary N) is 1. The van der Waals surface area contributed by atoms with Crippen molar-refractivity contribution in [2.45, 2.75) is 36.9 Å². The lowest BCUT2D eigenvalue weighted by molar-refractivity contribution is -0.124. The van der Waals surface area contributed by atoms with Gasteiger partial charge < -0.3 is 15.5 Å². The molecular formula is C15H20N2O6S. The molecule has 3 N–H and O–H groups in total. The Morgan fingerprint density at radius 1 is 1.08 bits per heavy atom. The standard InChI is InChI=1S/C11H13NO4S.C4H7NO2/c1-8-2-4-10(5-3-8)17(15,16)12-7-9(13)6-11(12)14;6-3-1-4(7)5-2-3/h2-5,9,13H,6-7H2,1H3;3,6H,1-2H2,(H,5,7). The van der Waals surface area contributed by atoms with E-state index in [2.05, 4.69) is 5.32 Å². The Morgan fingerprint density at radius 3 is 2.08 bits per heavy atom. The highest BCUT2D eigenvalue weighted by Gasteiger charge is 2.37. The lowest BCUT2D eigenvalue weighted by Crippen LogP contribution is -2.32. The topological polar surface area (TPSA) is 124 Å². The summed E-state index contributed by atoms with van der Waals surface area (Å²) in [5.74, 6) is -0.606. The Balaban J connectivity index is 0.000000249. The lowest BCUT2D eigenvalue weighted by atomic mass is 10.2. The second-order valence-corrected chi connectivity index (χ2v) is 7.63. The van der Waals surface area contributed by atoms with Crippen LogP contribution in [-0.4, -0.2) is 60.0 Å². The maximum atomic E-state index is 12.1. The van der Waals surface area contributed by atoms with Gasteiger partial charge in [-0.2, -0.15) is 0 Å². The molecule has 2 amide bonds. The molecule has 2 atom stereocenters. The number of amides is 2. The Hall–Kier alpha value is -1.97. The van der Waals surface area contributed by atoms with Crippen LogP contribution in [0.2, 0.25) is 0 Å². The van der Waals surface area contributed by atoms with Gasteiger partial charge in [-0.1, -0.05) is 17.7 Å². The summed E-state index contributed by atoms with van der Waals surface area (Å²) in [5, 5.41) is 20.4. The first-order valence-corrected chi connectivity index (χ1v) is 8.89. The molecule has 0 radical (unpaired) electrons. The molecule has 2 fully saturated rings. The zero-order valence-electron chi connectivity index (χ0n) is 13.2. The summed E-state index contributed by atoms with van der Waals surface area (Å²) in [4.78, 5) is 21.7. The molecule has 132 valence electrons. The highest BCUT2D eigenvalue weighted by molar-refractivity contribution is 7.89. The molecular weight excluding hydrogens is 336 g/mol. The third-order valence-corrected chi connectivity index (χ3v) is 5.43. The van der Waals surface area contributed by atoms with Gasteiger partial charge in [0.05, 0.1) is 36.5 Å². The van der Waals surface area contributed by atoms with Crippen molar-refractivity contribution in [1.29, 1.82) is 0 Å². The zero-order valence-corrected chi connectivity index (χ0v) is 14.0. The summed E-state index contributed by atoms with van der Waals surface area (Å²) in [6, 6.07) is 6.26. The number of nitrogens with zero attached hydrogens (tertiary/aromatic N) is 1. The lowest BCUT2D eigenvalue weighted by Gasteiger charge is -2.16. The highest BCUT2D eigenvalue weighted by atomic mass is 32.2. The molecule has 1 aromatic rings. The van der Waals surface area contributed by atoms with Crippen LogP contribution >= 0.6 is 0 Å². The summed E-state index contributed by atoms with van der Waals surface area (Å²) >= 11 is 0. The fraction of sp³-hybridized carbons (Fsp3) is 0.467. The Bertz CT molecular complexity index is 716. The summed E-state index contributed by atoms with van der Waals surface area (Å²) in [5.41, 5.74) is 0.941. The Morgan fingerprint density at radius 2 is 1.71 bits per heavy atom. The minimum Gasteiger partial charge on any atom is -0.391 e. The highest BCUT2D eigenvalue weighted by Crippen LogP contribution is 2.22. The third-order valence-electron chi connectivity index (χ3n) is 3.63. The van der Waals surface area contributed by atoms with E-state index in [1.165, 1.54) is 12.1 Å². The van der Waals surface area contributed by atoms with Crippen LogP contribution in [0.5, 0.6) is 0 Å². The van der Waals surface area contributed by atoms with Gasteiger partial charge in [0.25, 0.3) is 10.0 Å². The van der Waals surface area contributed by atoms with E-state index in [9.17, 15) is 23.1 Å². The molecule has 0 saturated carbocycles. The van der Waals surface area contributed by atoms with E-state index >= 15 is 0 Å². The first-order valence-electron chi connectivity index (χ1n) is 7.45. The van der Waals surface area contributed by atoms with Crippen LogP contribution in [0.3, 0.4) is 0 Å². The van der Waals surface area contributed by atoms with Crippen molar-refractivity contribution >= 4 is 21.8 Å². The molecule has 0 bridgehead atoms. The molecule has 2 unspecified atom stereocenters. The van der Waals surface area contributed by atoms with Crippen molar-refractivity contribution in [2.75, 3.05) is 13.1 Å². The smallest absolute Gasteiger partial charge is 0.266 e. The van der Waals surface area contributed by atoms with Gasteiger partial charge in [-0.05, 0) is 19.1 Å². The van der Waals surface area contributed by atoms with Gasteiger partial charge in [0, 0.05) is 6.54 Å². The number of benzene rings is 1. The van der Waals surface area contributed by atoms with Gasteiger partial charge in [-0.15, -0.1) is 0 Å². The van der Waals surface area contributed by atoms with Gasteiger partial charge in [-0.25, -0.2) is 12.7 Å². The predicted molar refractivity (Wildman–Crippen MR) is 84.3 cm³/mol. The number of hydrogen-bond acceptors (Lipinski definition) is 6. The third kappa shape index (κ3) is 4.31. The van der Waals surface area contributed by atoms with E-state index in [0.29, 0.717) is 6.54 Å². The number of carbonyl (C=O) groups excluding carboxylic acids is 2. The van der Waals surface area contributed by atoms with Crippen LogP contribution in [0.1, 0.15) is 18.4 Å². The molecule has 3 rings (SSSR count). The Kier molecular flexibility index (Phi) is 5.58. The van der Waals surface area contributed by atoms with E-state index in [4.69, 9.17) is 5.11 Å². The average Bonchev–Trinajstić information content (AvgIpc) is 3.05. The number of rotatable bonds is 2. The largest absolute Gasteiger partial charge is 0.391 e. The number of sulfonamides is 1. The summed E-state index contributed by atoms with van der Waals surface area (Å²) < 4.78 is 24.9. The number of hydrogen-bond donors (Lipinski definition) is 3. The van der Waals surface area contributed by atoms with Crippen LogP contribution in [0.4, 0.5) is 0 Å². The van der Waals surface area contributed by atoms with Crippen LogP contribution in [0, 0.1) is 6.92 Å². The van der Waals surface area contributed by atoms with E-state index in [0.717, 1.165) is 9.87 Å². The maximum Gasteiger partial charge on any atom is 0.266 e. The molecule has 2 aliphatic rings. The minimum absolute atomic E-state index is 0.0486. The molecule has 0 aliphatic carbocycles. The molecule has 9 heteroatoms. The molecule has 0 spiro atoms. The molecule has 1 aromatic carbocycles. The second kappa shape index (κ2) is 7.29. The van der Waals surface area contributed by atoms with Crippen molar-refractivity contribution in [3.8, 4) is 0 Å². The fourth-order valence-electron chi connectivity index (χ4n) is 2.32. The fourth-order valence-corrected chi connectivity index (χ4v) is 3.77. The Labute approximate surface area is 140 Å². The molecule has 8 nitrogen and oxygen atoms in total. The minimum atomic E-state index is -3.81. The quantitative estimate of drug-likeness (QED) is 0.634. The molecule has 2 aliphatic heterocycles. The van der Waals surface area contributed by atoms with Crippen LogP contribution in [0.15, 0.2) is 29.2 Å². The monoisotopic (exact) mass is 356 g/mol. The van der Waals surface area contributed by atoms with Gasteiger partial charge >= 0.3 is 0 Å². The molecule has 0 aromatic heterocycles. The predicted octanol–water partition coefficient (Wildman–Crippen LogP) is -0.856. The first-order chi connectivity index (χ1) is 11.2. The summed E-state index contributed by atoms with van der Waals surface area (Å²) in [6.45, 7) is 2.12. The number of carbonyl (C=O) groups is 2. The van der Waals surface area contributed by atoms with Crippen molar-refractivity contribution in [2.24, 2.45) is 0 Å². The van der Waals surface area contributed by atoms with Gasteiger partial charge in [-0.3, -0.25) is 9.59 Å². The molecule has 2 saturated heterocycles. The van der Waals surface area contributed by atoms with E-state index in [1.54, 1.807) is 12.1 Å². The first kappa shape index (κ1) is 18.4. The SMILES string of the molecule is Cc1ccc(S(=O)(=O)N2CC(O)CC2=O)cc1.O=C1CC(O)CN1. The van der Waals surface area contributed by atoms with Crippen molar-refractivity contribution in [3.05, 3.63) is 29.8 Å².